The minimum atomic E-state index is -0.668. The highest BCUT2D eigenvalue weighted by atomic mass is 35.5. The van der Waals surface area contributed by atoms with E-state index in [1.807, 2.05) is 13.8 Å². The van der Waals surface area contributed by atoms with Gasteiger partial charge in [-0.2, -0.15) is 0 Å². The minimum Gasteiger partial charge on any atom is -0.502 e. The molecular weight excluding hydrogens is 284 g/mol. The van der Waals surface area contributed by atoms with Crippen LogP contribution in [0.5, 0.6) is 5.75 Å². The van der Waals surface area contributed by atoms with Gasteiger partial charge in [-0.1, -0.05) is 25.4 Å². The minimum absolute atomic E-state index is 0.0531. The molecule has 7 heteroatoms. The summed E-state index contributed by atoms with van der Waals surface area (Å²) < 4.78 is 0. The zero-order chi connectivity index (χ0) is 15.3. The van der Waals surface area contributed by atoms with Gasteiger partial charge in [0, 0.05) is 35.8 Å². The van der Waals surface area contributed by atoms with Gasteiger partial charge in [-0.15, -0.1) is 0 Å². The maximum Gasteiger partial charge on any atom is 0.312 e. The fraction of sp³-hybridized carbons (Fsp3) is 0.538. The van der Waals surface area contributed by atoms with Crippen LogP contribution in [-0.4, -0.2) is 27.8 Å². The number of phenolic OH excluding ortho intramolecular Hbond substituents is 1. The van der Waals surface area contributed by atoms with E-state index in [9.17, 15) is 15.2 Å². The van der Waals surface area contributed by atoms with Crippen molar-refractivity contribution in [1.82, 2.24) is 5.32 Å². The predicted molar refractivity (Wildman–Crippen MR) is 76.9 cm³/mol. The Labute approximate surface area is 122 Å². The molecule has 1 aromatic carbocycles. The fourth-order valence-electron chi connectivity index (χ4n) is 1.97. The van der Waals surface area contributed by atoms with Crippen molar-refractivity contribution in [3.05, 3.63) is 32.8 Å². The highest BCUT2D eigenvalue weighted by molar-refractivity contribution is 6.31. The number of rotatable bonds is 7. The van der Waals surface area contributed by atoms with Gasteiger partial charge < -0.3 is 15.5 Å². The number of aromatic hydroxyl groups is 1. The molecule has 1 rings (SSSR count). The van der Waals surface area contributed by atoms with E-state index in [0.29, 0.717) is 17.9 Å². The summed E-state index contributed by atoms with van der Waals surface area (Å²) in [6.45, 7) is 4.31. The number of nitro groups is 1. The molecule has 0 bridgehead atoms. The topological polar surface area (TPSA) is 95.6 Å². The third-order valence-corrected chi connectivity index (χ3v) is 3.35. The van der Waals surface area contributed by atoms with E-state index >= 15 is 0 Å². The van der Waals surface area contributed by atoms with Crippen LogP contribution in [0.4, 0.5) is 5.69 Å². The van der Waals surface area contributed by atoms with Crippen molar-refractivity contribution < 1.29 is 15.1 Å². The van der Waals surface area contributed by atoms with Crippen LogP contribution in [0.2, 0.25) is 5.02 Å². The number of aliphatic hydroxyl groups excluding tert-OH is 1. The van der Waals surface area contributed by atoms with Crippen molar-refractivity contribution in [3.63, 3.8) is 0 Å². The number of nitrogens with zero attached hydrogens (tertiary/aromatic N) is 1. The van der Waals surface area contributed by atoms with Gasteiger partial charge in [0.05, 0.1) is 4.92 Å². The van der Waals surface area contributed by atoms with E-state index in [2.05, 4.69) is 5.32 Å². The summed E-state index contributed by atoms with van der Waals surface area (Å²) in [5.41, 5.74) is -0.0367. The van der Waals surface area contributed by atoms with Gasteiger partial charge in [-0.25, -0.2) is 0 Å². The number of benzene rings is 1. The molecule has 0 aliphatic carbocycles. The second kappa shape index (κ2) is 7.42. The van der Waals surface area contributed by atoms with E-state index in [1.165, 1.54) is 6.07 Å². The third kappa shape index (κ3) is 4.33. The van der Waals surface area contributed by atoms with Crippen LogP contribution in [0.25, 0.3) is 0 Å². The summed E-state index contributed by atoms with van der Waals surface area (Å²) in [6, 6.07) is 2.67. The zero-order valence-electron chi connectivity index (χ0n) is 11.5. The Kier molecular flexibility index (Phi) is 6.19. The van der Waals surface area contributed by atoms with E-state index in [4.69, 9.17) is 16.7 Å². The second-order valence-electron chi connectivity index (χ2n) is 4.93. The van der Waals surface area contributed by atoms with Gasteiger partial charge in [0.2, 0.25) is 0 Å². The molecule has 0 spiro atoms. The summed E-state index contributed by atoms with van der Waals surface area (Å²) >= 11 is 5.82. The molecular formula is C13H19ClN2O4. The Morgan fingerprint density at radius 3 is 2.60 bits per heavy atom. The first-order valence-corrected chi connectivity index (χ1v) is 6.74. The van der Waals surface area contributed by atoms with Crippen molar-refractivity contribution in [2.45, 2.75) is 32.9 Å². The SMILES string of the molecule is CC(C)C(CCO)NCc1cc(Cl)cc([N+](=O)[O-])c1O. The Morgan fingerprint density at radius 2 is 2.10 bits per heavy atom. The van der Waals surface area contributed by atoms with Crippen LogP contribution >= 0.6 is 11.6 Å². The first-order chi connectivity index (χ1) is 9.36. The molecule has 0 aliphatic rings. The molecule has 0 amide bonds. The summed E-state index contributed by atoms with van der Waals surface area (Å²) in [6.07, 6.45) is 0.571. The smallest absolute Gasteiger partial charge is 0.312 e. The number of phenols is 1. The molecule has 0 aromatic heterocycles. The van der Waals surface area contributed by atoms with E-state index < -0.39 is 10.6 Å². The Bertz CT molecular complexity index is 480. The molecule has 0 saturated carbocycles. The van der Waals surface area contributed by atoms with Crippen LogP contribution in [0.1, 0.15) is 25.8 Å². The molecule has 0 heterocycles. The number of halogens is 1. The van der Waals surface area contributed by atoms with E-state index in [1.54, 1.807) is 0 Å². The third-order valence-electron chi connectivity index (χ3n) is 3.13. The Morgan fingerprint density at radius 1 is 1.45 bits per heavy atom. The van der Waals surface area contributed by atoms with Gasteiger partial charge in [-0.3, -0.25) is 10.1 Å². The molecule has 0 radical (unpaired) electrons. The lowest BCUT2D eigenvalue weighted by atomic mass is 10.0. The van der Waals surface area contributed by atoms with Crippen LogP contribution in [0.15, 0.2) is 12.1 Å². The number of nitro benzene ring substituents is 1. The van der Waals surface area contributed by atoms with Gasteiger partial charge in [-0.05, 0) is 18.4 Å². The molecule has 0 aliphatic heterocycles. The molecule has 0 saturated heterocycles. The highest BCUT2D eigenvalue weighted by Gasteiger charge is 2.20. The molecule has 1 unspecified atom stereocenters. The quantitative estimate of drug-likeness (QED) is 0.531. The summed E-state index contributed by atoms with van der Waals surface area (Å²) in [5.74, 6) is -0.0862. The number of hydrogen-bond acceptors (Lipinski definition) is 5. The van der Waals surface area contributed by atoms with Crippen molar-refractivity contribution in [2.24, 2.45) is 5.92 Å². The van der Waals surface area contributed by atoms with Crippen LogP contribution < -0.4 is 5.32 Å². The van der Waals surface area contributed by atoms with E-state index in [-0.39, 0.29) is 30.0 Å². The monoisotopic (exact) mass is 302 g/mol. The molecule has 6 nitrogen and oxygen atoms in total. The average Bonchev–Trinajstić information content (AvgIpc) is 2.36. The average molecular weight is 303 g/mol. The highest BCUT2D eigenvalue weighted by Crippen LogP contribution is 2.33. The molecule has 1 aromatic rings. The number of hydrogen-bond donors (Lipinski definition) is 3. The van der Waals surface area contributed by atoms with Crippen molar-refractivity contribution in [3.8, 4) is 5.75 Å². The van der Waals surface area contributed by atoms with Crippen molar-refractivity contribution >= 4 is 17.3 Å². The molecule has 20 heavy (non-hydrogen) atoms. The first kappa shape index (κ1) is 16.7. The number of aliphatic hydroxyl groups is 1. The molecule has 0 fully saturated rings. The van der Waals surface area contributed by atoms with Gasteiger partial charge >= 0.3 is 5.69 Å². The maximum atomic E-state index is 10.8. The predicted octanol–water partition coefficient (Wildman–Crippen LogP) is 2.45. The van der Waals surface area contributed by atoms with Crippen LogP contribution in [0, 0.1) is 16.0 Å². The summed E-state index contributed by atoms with van der Waals surface area (Å²) in [7, 11) is 0. The van der Waals surface area contributed by atoms with Gasteiger partial charge in [0.1, 0.15) is 0 Å². The zero-order valence-corrected chi connectivity index (χ0v) is 12.2. The van der Waals surface area contributed by atoms with Crippen LogP contribution in [-0.2, 0) is 6.54 Å². The molecule has 1 atom stereocenters. The normalized spacial score (nSPS) is 12.7. The Hall–Kier alpha value is -1.37. The molecule has 3 N–H and O–H groups in total. The second-order valence-corrected chi connectivity index (χ2v) is 5.37. The Balaban J connectivity index is 2.89. The summed E-state index contributed by atoms with van der Waals surface area (Å²) in [5, 5.41) is 33.1. The van der Waals surface area contributed by atoms with Crippen molar-refractivity contribution in [1.29, 1.82) is 0 Å². The standard InChI is InChI=1S/C13H19ClN2O4/c1-8(2)11(3-4-17)15-7-9-5-10(14)6-12(13(9)18)16(19)20/h5-6,8,11,15,17-18H,3-4,7H2,1-2H3. The molecule has 112 valence electrons. The lowest BCUT2D eigenvalue weighted by Crippen LogP contribution is -2.34. The van der Waals surface area contributed by atoms with Crippen LogP contribution in [0.3, 0.4) is 0 Å². The maximum absolute atomic E-state index is 10.8. The fourth-order valence-corrected chi connectivity index (χ4v) is 2.20. The van der Waals surface area contributed by atoms with Gasteiger partial charge in [0.15, 0.2) is 5.75 Å². The van der Waals surface area contributed by atoms with E-state index in [0.717, 1.165) is 6.07 Å². The van der Waals surface area contributed by atoms with Gasteiger partial charge in [0.25, 0.3) is 0 Å². The number of nitrogens with one attached hydrogen (secondary N) is 1. The summed E-state index contributed by atoms with van der Waals surface area (Å²) in [4.78, 5) is 10.1. The van der Waals surface area contributed by atoms with Crippen molar-refractivity contribution in [2.75, 3.05) is 6.61 Å². The first-order valence-electron chi connectivity index (χ1n) is 6.36. The lowest BCUT2D eigenvalue weighted by molar-refractivity contribution is -0.385. The largest absolute Gasteiger partial charge is 0.502 e. The lowest BCUT2D eigenvalue weighted by Gasteiger charge is -2.21.